The molecule has 21 heavy (non-hydrogen) atoms. The van der Waals surface area contributed by atoms with Gasteiger partial charge in [-0.2, -0.15) is 0 Å². The van der Waals surface area contributed by atoms with Gasteiger partial charge in [0.25, 0.3) is 0 Å². The van der Waals surface area contributed by atoms with E-state index in [9.17, 15) is 4.39 Å². The van der Waals surface area contributed by atoms with Crippen LogP contribution in [0.15, 0.2) is 30.3 Å². The topological polar surface area (TPSA) is 21.3 Å². The molecule has 0 atom stereocenters. The Balaban J connectivity index is 2.54. The Bertz CT molecular complexity index is 646. The van der Waals surface area contributed by atoms with Crippen LogP contribution in [-0.2, 0) is 6.54 Å². The lowest BCUT2D eigenvalue weighted by atomic mass is 9.99. The van der Waals surface area contributed by atoms with E-state index in [-0.39, 0.29) is 5.82 Å². The van der Waals surface area contributed by atoms with E-state index in [1.807, 2.05) is 6.92 Å². The SMILES string of the molecule is CCNCc1ccc(F)cc1-c1cc(Cl)c(OC)cc1Cl. The summed E-state index contributed by atoms with van der Waals surface area (Å²) < 4.78 is 18.7. The third-order valence-corrected chi connectivity index (χ3v) is 3.78. The first-order valence-corrected chi connectivity index (χ1v) is 7.35. The first kappa shape index (κ1) is 16.1. The number of hydrogen-bond acceptors (Lipinski definition) is 2. The van der Waals surface area contributed by atoms with Gasteiger partial charge in [-0.05, 0) is 35.9 Å². The Labute approximate surface area is 133 Å². The second-order valence-corrected chi connectivity index (χ2v) is 5.36. The minimum atomic E-state index is -0.312. The van der Waals surface area contributed by atoms with Crippen LogP contribution in [0.3, 0.4) is 0 Å². The first-order chi connectivity index (χ1) is 10.1. The van der Waals surface area contributed by atoms with Crippen LogP contribution < -0.4 is 10.1 Å². The van der Waals surface area contributed by atoms with Crippen molar-refractivity contribution in [3.8, 4) is 16.9 Å². The lowest BCUT2D eigenvalue weighted by molar-refractivity contribution is 0.415. The second-order valence-electron chi connectivity index (χ2n) is 4.55. The molecule has 0 unspecified atom stereocenters. The van der Waals surface area contributed by atoms with E-state index in [1.165, 1.54) is 19.2 Å². The molecule has 2 aromatic rings. The highest BCUT2D eigenvalue weighted by Crippen LogP contribution is 2.38. The third-order valence-electron chi connectivity index (χ3n) is 3.17. The van der Waals surface area contributed by atoms with Crippen LogP contribution in [0.1, 0.15) is 12.5 Å². The molecule has 0 radical (unpaired) electrons. The predicted octanol–water partition coefficient (Wildman–Crippen LogP) is 4.92. The van der Waals surface area contributed by atoms with Crippen molar-refractivity contribution in [3.05, 3.63) is 51.8 Å². The fourth-order valence-corrected chi connectivity index (χ4v) is 2.60. The van der Waals surface area contributed by atoms with Gasteiger partial charge in [-0.3, -0.25) is 0 Å². The predicted molar refractivity (Wildman–Crippen MR) is 85.8 cm³/mol. The number of nitrogens with one attached hydrogen (secondary N) is 1. The molecule has 2 nitrogen and oxygen atoms in total. The van der Waals surface area contributed by atoms with Gasteiger partial charge in [-0.15, -0.1) is 0 Å². The summed E-state index contributed by atoms with van der Waals surface area (Å²) in [5, 5.41) is 4.14. The molecular weight excluding hydrogens is 312 g/mol. The lowest BCUT2D eigenvalue weighted by Crippen LogP contribution is -2.12. The van der Waals surface area contributed by atoms with E-state index < -0.39 is 0 Å². The molecule has 0 saturated heterocycles. The van der Waals surface area contributed by atoms with Crippen molar-refractivity contribution in [1.82, 2.24) is 5.32 Å². The molecule has 2 aromatic carbocycles. The minimum Gasteiger partial charge on any atom is -0.495 e. The molecule has 0 aliphatic carbocycles. The number of benzene rings is 2. The number of methoxy groups -OCH3 is 1. The minimum absolute atomic E-state index is 0.312. The van der Waals surface area contributed by atoms with E-state index in [0.29, 0.717) is 27.9 Å². The summed E-state index contributed by atoms with van der Waals surface area (Å²) in [6.45, 7) is 3.47. The summed E-state index contributed by atoms with van der Waals surface area (Å²) >= 11 is 12.4. The summed E-state index contributed by atoms with van der Waals surface area (Å²) in [7, 11) is 1.52. The summed E-state index contributed by atoms with van der Waals surface area (Å²) in [5.74, 6) is 0.184. The van der Waals surface area contributed by atoms with Crippen LogP contribution >= 0.6 is 23.2 Å². The highest BCUT2D eigenvalue weighted by Gasteiger charge is 2.13. The maximum Gasteiger partial charge on any atom is 0.138 e. The fraction of sp³-hybridized carbons (Fsp3) is 0.250. The van der Waals surface area contributed by atoms with Gasteiger partial charge in [0.05, 0.1) is 17.2 Å². The first-order valence-electron chi connectivity index (χ1n) is 6.59. The Morgan fingerprint density at radius 2 is 1.86 bits per heavy atom. The average Bonchev–Trinajstić information content (AvgIpc) is 2.48. The van der Waals surface area contributed by atoms with Crippen molar-refractivity contribution in [1.29, 1.82) is 0 Å². The van der Waals surface area contributed by atoms with Crippen molar-refractivity contribution in [2.75, 3.05) is 13.7 Å². The molecule has 0 amide bonds. The molecule has 112 valence electrons. The van der Waals surface area contributed by atoms with E-state index in [0.717, 1.165) is 17.7 Å². The quantitative estimate of drug-likeness (QED) is 0.841. The van der Waals surface area contributed by atoms with Gasteiger partial charge in [-0.25, -0.2) is 4.39 Å². The normalized spacial score (nSPS) is 10.7. The Kier molecular flexibility index (Phi) is 5.45. The van der Waals surface area contributed by atoms with Crippen molar-refractivity contribution in [2.24, 2.45) is 0 Å². The zero-order valence-corrected chi connectivity index (χ0v) is 13.4. The third kappa shape index (κ3) is 3.67. The van der Waals surface area contributed by atoms with Crippen molar-refractivity contribution < 1.29 is 9.13 Å². The second kappa shape index (κ2) is 7.12. The molecule has 5 heteroatoms. The molecule has 0 heterocycles. The lowest BCUT2D eigenvalue weighted by Gasteiger charge is -2.14. The summed E-state index contributed by atoms with van der Waals surface area (Å²) in [5.41, 5.74) is 2.38. The van der Waals surface area contributed by atoms with Gasteiger partial charge < -0.3 is 10.1 Å². The van der Waals surface area contributed by atoms with Crippen LogP contribution in [0.2, 0.25) is 10.0 Å². The molecule has 1 N–H and O–H groups in total. The van der Waals surface area contributed by atoms with Gasteiger partial charge in [-0.1, -0.05) is 36.2 Å². The van der Waals surface area contributed by atoms with E-state index in [4.69, 9.17) is 27.9 Å². The van der Waals surface area contributed by atoms with E-state index in [1.54, 1.807) is 18.2 Å². The number of hydrogen-bond donors (Lipinski definition) is 1. The van der Waals surface area contributed by atoms with Crippen molar-refractivity contribution >= 4 is 23.2 Å². The largest absolute Gasteiger partial charge is 0.495 e. The Morgan fingerprint density at radius 1 is 1.10 bits per heavy atom. The average molecular weight is 328 g/mol. The van der Waals surface area contributed by atoms with Crippen LogP contribution in [0.5, 0.6) is 5.75 Å². The maximum absolute atomic E-state index is 13.6. The van der Waals surface area contributed by atoms with Crippen LogP contribution in [0, 0.1) is 5.82 Å². The van der Waals surface area contributed by atoms with Crippen LogP contribution in [-0.4, -0.2) is 13.7 Å². The molecule has 0 aromatic heterocycles. The maximum atomic E-state index is 13.6. The molecule has 0 saturated carbocycles. The van der Waals surface area contributed by atoms with Crippen LogP contribution in [0.25, 0.3) is 11.1 Å². The smallest absolute Gasteiger partial charge is 0.138 e. The molecule has 0 spiro atoms. The van der Waals surface area contributed by atoms with E-state index >= 15 is 0 Å². The van der Waals surface area contributed by atoms with Crippen LogP contribution in [0.4, 0.5) is 4.39 Å². The zero-order chi connectivity index (χ0) is 15.4. The van der Waals surface area contributed by atoms with Crippen molar-refractivity contribution in [3.63, 3.8) is 0 Å². The Hall–Kier alpha value is -1.29. The zero-order valence-electron chi connectivity index (χ0n) is 11.8. The summed E-state index contributed by atoms with van der Waals surface area (Å²) in [4.78, 5) is 0. The molecular formula is C16H16Cl2FNO. The molecule has 2 rings (SSSR count). The fourth-order valence-electron chi connectivity index (χ4n) is 2.10. The Morgan fingerprint density at radius 3 is 2.52 bits per heavy atom. The molecule has 0 aliphatic rings. The highest BCUT2D eigenvalue weighted by molar-refractivity contribution is 6.36. The van der Waals surface area contributed by atoms with E-state index in [2.05, 4.69) is 5.32 Å². The number of rotatable bonds is 5. The number of ether oxygens (including phenoxy) is 1. The summed E-state index contributed by atoms with van der Waals surface area (Å²) in [6, 6.07) is 8.00. The summed E-state index contributed by atoms with van der Waals surface area (Å²) in [6.07, 6.45) is 0. The molecule has 0 fully saturated rings. The van der Waals surface area contributed by atoms with Gasteiger partial charge in [0.2, 0.25) is 0 Å². The molecule has 0 aliphatic heterocycles. The van der Waals surface area contributed by atoms with Gasteiger partial charge in [0, 0.05) is 18.2 Å². The number of halogens is 3. The van der Waals surface area contributed by atoms with Crippen molar-refractivity contribution in [2.45, 2.75) is 13.5 Å². The molecule has 0 bridgehead atoms. The van der Waals surface area contributed by atoms with Gasteiger partial charge in [0.15, 0.2) is 0 Å². The monoisotopic (exact) mass is 327 g/mol. The highest BCUT2D eigenvalue weighted by atomic mass is 35.5. The van der Waals surface area contributed by atoms with Gasteiger partial charge >= 0.3 is 0 Å². The van der Waals surface area contributed by atoms with Gasteiger partial charge in [0.1, 0.15) is 11.6 Å². The standard InChI is InChI=1S/C16H16Cl2FNO/c1-3-20-9-10-4-5-11(19)6-12(10)13-7-15(18)16(21-2)8-14(13)17/h4-8,20H,3,9H2,1-2H3.